The van der Waals surface area contributed by atoms with Crippen LogP contribution >= 0.6 is 0 Å². The Hall–Kier alpha value is -1.64. The number of para-hydroxylation sites is 2. The molecular weight excluding hydrogens is 185 g/mol. The van der Waals surface area contributed by atoms with Crippen LogP contribution in [0, 0.1) is 0 Å². The van der Waals surface area contributed by atoms with E-state index < -0.39 is 0 Å². The molecule has 0 aromatic heterocycles. The van der Waals surface area contributed by atoms with Gasteiger partial charge in [-0.15, -0.1) is 0 Å². The Kier molecular flexibility index (Phi) is 1.84. The van der Waals surface area contributed by atoms with Crippen molar-refractivity contribution in [2.24, 2.45) is 0 Å². The average molecular weight is 197 g/mol. The maximum atomic E-state index is 5.93. The van der Waals surface area contributed by atoms with Crippen molar-refractivity contribution in [1.29, 1.82) is 0 Å². The van der Waals surface area contributed by atoms with Gasteiger partial charge < -0.3 is 9.55 Å². The fourth-order valence-electron chi connectivity index (χ4n) is 2.19. The molecule has 0 bridgehead atoms. The van der Waals surface area contributed by atoms with Crippen LogP contribution in [-0.2, 0) is 0 Å². The lowest BCUT2D eigenvalue weighted by Crippen LogP contribution is -2.47. The van der Waals surface area contributed by atoms with E-state index >= 15 is 0 Å². The summed E-state index contributed by atoms with van der Waals surface area (Å²) in [6.45, 7) is 0. The van der Waals surface area contributed by atoms with Crippen LogP contribution in [0.5, 0.6) is 5.75 Å². The first kappa shape index (κ1) is 8.66. The van der Waals surface area contributed by atoms with E-state index in [4.69, 9.17) is 4.74 Å². The molecule has 1 aliphatic heterocycles. The van der Waals surface area contributed by atoms with Crippen LogP contribution in [0.15, 0.2) is 48.6 Å². The molecule has 1 heterocycles. The summed E-state index contributed by atoms with van der Waals surface area (Å²) in [6, 6.07) is 8.49. The maximum absolute atomic E-state index is 5.93. The number of ether oxygens (including phenoxy) is 1. The number of benzene rings is 1. The van der Waals surface area contributed by atoms with E-state index in [2.05, 4.69) is 37.1 Å². The molecule has 0 fully saturated rings. The highest BCUT2D eigenvalue weighted by atomic mass is 16.5. The Morgan fingerprint density at radius 3 is 2.87 bits per heavy atom. The van der Waals surface area contributed by atoms with Crippen molar-refractivity contribution in [3.8, 4) is 5.75 Å². The first-order valence-electron chi connectivity index (χ1n) is 5.20. The van der Waals surface area contributed by atoms with E-state index in [1.165, 1.54) is 5.69 Å². The molecular formula is C12H12BNO. The van der Waals surface area contributed by atoms with Crippen LogP contribution in [-0.4, -0.2) is 20.1 Å². The van der Waals surface area contributed by atoms with Gasteiger partial charge in [-0.1, -0.05) is 30.4 Å². The van der Waals surface area contributed by atoms with Gasteiger partial charge in [-0.05, 0) is 18.2 Å². The summed E-state index contributed by atoms with van der Waals surface area (Å²) in [6.07, 6.45) is 8.56. The van der Waals surface area contributed by atoms with Gasteiger partial charge in [0.1, 0.15) is 11.9 Å². The minimum atomic E-state index is 0.148. The zero-order chi connectivity index (χ0) is 10.3. The van der Waals surface area contributed by atoms with Crippen LogP contribution < -0.4 is 9.55 Å². The van der Waals surface area contributed by atoms with Crippen LogP contribution in [0.25, 0.3) is 0 Å². The summed E-state index contributed by atoms with van der Waals surface area (Å²) in [5.74, 6) is 0.973. The van der Waals surface area contributed by atoms with Crippen LogP contribution in [0.4, 0.5) is 5.69 Å². The molecule has 1 aromatic rings. The summed E-state index contributed by atoms with van der Waals surface area (Å²) < 4.78 is 5.93. The topological polar surface area (TPSA) is 12.5 Å². The van der Waals surface area contributed by atoms with Gasteiger partial charge in [0.05, 0.1) is 11.7 Å². The Labute approximate surface area is 90.3 Å². The largest absolute Gasteiger partial charge is 0.482 e. The second kappa shape index (κ2) is 3.19. The molecule has 74 valence electrons. The van der Waals surface area contributed by atoms with Gasteiger partial charge in [0, 0.05) is 0 Å². The van der Waals surface area contributed by atoms with Gasteiger partial charge >= 0.3 is 0 Å². The molecule has 0 spiro atoms. The molecule has 2 unspecified atom stereocenters. The molecule has 0 amide bonds. The fraction of sp³-hybridized carbons (Fsp3) is 0.167. The van der Waals surface area contributed by atoms with E-state index in [1.54, 1.807) is 0 Å². The van der Waals surface area contributed by atoms with Crippen molar-refractivity contribution in [3.05, 3.63) is 48.6 Å². The fourth-order valence-corrected chi connectivity index (χ4v) is 2.19. The number of hydrogen-bond acceptors (Lipinski definition) is 2. The normalized spacial score (nSPS) is 26.8. The Balaban J connectivity index is 2.07. The Bertz CT molecular complexity index is 441. The molecule has 0 radical (unpaired) electrons. The number of nitrogens with zero attached hydrogens (tertiary/aromatic N) is 1. The highest BCUT2D eigenvalue weighted by Crippen LogP contribution is 2.36. The summed E-state index contributed by atoms with van der Waals surface area (Å²) in [7, 11) is 2.11. The van der Waals surface area contributed by atoms with E-state index in [9.17, 15) is 0 Å². The standard InChI is InChI=1S/C12H12BNO/c13-14-9-5-1-3-7-11(9)15-12-8-4-2-6-10(12)14/h1-9,11H,13H2. The first-order valence-corrected chi connectivity index (χ1v) is 5.20. The minimum Gasteiger partial charge on any atom is -0.482 e. The molecule has 1 aromatic carbocycles. The van der Waals surface area contributed by atoms with E-state index in [0.29, 0.717) is 6.04 Å². The van der Waals surface area contributed by atoms with Gasteiger partial charge in [0.2, 0.25) is 7.98 Å². The molecule has 2 aliphatic rings. The highest BCUT2D eigenvalue weighted by Gasteiger charge is 2.30. The molecule has 3 heteroatoms. The number of rotatable bonds is 0. The summed E-state index contributed by atoms with van der Waals surface area (Å²) in [5.41, 5.74) is 1.17. The van der Waals surface area contributed by atoms with E-state index in [0.717, 1.165) is 5.75 Å². The van der Waals surface area contributed by atoms with Gasteiger partial charge in [-0.3, -0.25) is 0 Å². The highest BCUT2D eigenvalue weighted by molar-refractivity contribution is 6.19. The van der Waals surface area contributed by atoms with Gasteiger partial charge in [-0.2, -0.15) is 0 Å². The second-order valence-corrected chi connectivity index (χ2v) is 3.92. The molecule has 2 atom stereocenters. The third-order valence-electron chi connectivity index (χ3n) is 3.01. The van der Waals surface area contributed by atoms with Crippen molar-refractivity contribution in [2.45, 2.75) is 12.1 Å². The van der Waals surface area contributed by atoms with Crippen LogP contribution in [0.2, 0.25) is 0 Å². The predicted octanol–water partition coefficient (Wildman–Crippen LogP) is 1.30. The van der Waals surface area contributed by atoms with Crippen molar-refractivity contribution in [2.75, 3.05) is 4.81 Å². The first-order chi connectivity index (χ1) is 7.36. The van der Waals surface area contributed by atoms with Crippen molar-refractivity contribution in [3.63, 3.8) is 0 Å². The number of hydrogen-bond donors (Lipinski definition) is 0. The molecule has 3 rings (SSSR count). The van der Waals surface area contributed by atoms with Crippen LogP contribution in [0.3, 0.4) is 0 Å². The zero-order valence-corrected chi connectivity index (χ0v) is 8.63. The molecule has 0 saturated carbocycles. The van der Waals surface area contributed by atoms with Crippen molar-refractivity contribution < 1.29 is 4.74 Å². The van der Waals surface area contributed by atoms with Crippen molar-refractivity contribution >= 4 is 13.7 Å². The van der Waals surface area contributed by atoms with Gasteiger partial charge in [0.15, 0.2) is 0 Å². The van der Waals surface area contributed by atoms with Gasteiger partial charge in [0.25, 0.3) is 0 Å². The number of allylic oxidation sites excluding steroid dienone is 2. The molecule has 1 aliphatic carbocycles. The number of anilines is 1. The third-order valence-corrected chi connectivity index (χ3v) is 3.01. The molecule has 0 N–H and O–H groups in total. The zero-order valence-electron chi connectivity index (χ0n) is 8.63. The van der Waals surface area contributed by atoms with Gasteiger partial charge in [-0.25, -0.2) is 0 Å². The quantitative estimate of drug-likeness (QED) is 0.581. The lowest BCUT2D eigenvalue weighted by Gasteiger charge is -2.40. The van der Waals surface area contributed by atoms with E-state index in [-0.39, 0.29) is 6.10 Å². The summed E-state index contributed by atoms with van der Waals surface area (Å²) in [5, 5.41) is 0. The van der Waals surface area contributed by atoms with E-state index in [1.807, 2.05) is 24.3 Å². The lowest BCUT2D eigenvalue weighted by molar-refractivity contribution is 0.221. The number of fused-ring (bicyclic) bond motifs is 2. The third kappa shape index (κ3) is 1.27. The second-order valence-electron chi connectivity index (χ2n) is 3.92. The summed E-state index contributed by atoms with van der Waals surface area (Å²) >= 11 is 0. The van der Waals surface area contributed by atoms with Crippen molar-refractivity contribution in [1.82, 2.24) is 0 Å². The molecule has 15 heavy (non-hydrogen) atoms. The minimum absolute atomic E-state index is 0.148. The predicted molar refractivity (Wildman–Crippen MR) is 63.9 cm³/mol. The SMILES string of the molecule is BN1c2ccccc2OC2C=CC=CC21. The molecule has 2 nitrogen and oxygen atoms in total. The molecule has 0 saturated heterocycles. The smallest absolute Gasteiger partial charge is 0.218 e. The summed E-state index contributed by atoms with van der Waals surface area (Å²) in [4.78, 5) is 2.27. The average Bonchev–Trinajstić information content (AvgIpc) is 2.30. The lowest BCUT2D eigenvalue weighted by atomic mass is 9.97. The maximum Gasteiger partial charge on any atom is 0.218 e. The Morgan fingerprint density at radius 1 is 1.13 bits per heavy atom. The Morgan fingerprint density at radius 2 is 1.93 bits per heavy atom. The van der Waals surface area contributed by atoms with Crippen LogP contribution in [0.1, 0.15) is 0 Å². The monoisotopic (exact) mass is 197 g/mol.